The molecule has 0 heterocycles. The van der Waals surface area contributed by atoms with E-state index in [2.05, 4.69) is 20.9 Å². The summed E-state index contributed by atoms with van der Waals surface area (Å²) in [4.78, 5) is 16.0. The average Bonchev–Trinajstić information content (AvgIpc) is 2.50. The largest absolute Gasteiger partial charge is 0.385 e. The van der Waals surface area contributed by atoms with Crippen molar-refractivity contribution in [3.05, 3.63) is 0 Å². The number of hydrogen-bond donors (Lipinski definition) is 3. The van der Waals surface area contributed by atoms with Gasteiger partial charge in [-0.1, -0.05) is 19.3 Å². The smallest absolute Gasteiger partial charge is 0.221 e. The quantitative estimate of drug-likeness (QED) is 0.355. The lowest BCUT2D eigenvalue weighted by Gasteiger charge is -2.22. The van der Waals surface area contributed by atoms with E-state index < -0.39 is 0 Å². The van der Waals surface area contributed by atoms with Gasteiger partial charge in [0.25, 0.3) is 0 Å². The minimum Gasteiger partial charge on any atom is -0.385 e. The first-order valence-corrected chi connectivity index (χ1v) is 7.99. The van der Waals surface area contributed by atoms with Crippen LogP contribution in [0.2, 0.25) is 0 Å². The lowest BCUT2D eigenvalue weighted by atomic mass is 9.95. The molecule has 1 aliphatic rings. The van der Waals surface area contributed by atoms with Gasteiger partial charge in [-0.05, 0) is 19.3 Å². The van der Waals surface area contributed by atoms with Gasteiger partial charge in [0.1, 0.15) is 0 Å². The summed E-state index contributed by atoms with van der Waals surface area (Å²) in [5.74, 6) is 0.862. The van der Waals surface area contributed by atoms with Crippen molar-refractivity contribution in [2.45, 2.75) is 51.0 Å². The number of amides is 1. The molecule has 1 aliphatic carbocycles. The predicted octanol–water partition coefficient (Wildman–Crippen LogP) is 1.03. The Hall–Kier alpha value is -1.30. The summed E-state index contributed by atoms with van der Waals surface area (Å²) >= 11 is 0. The zero-order valence-corrected chi connectivity index (χ0v) is 13.4. The Morgan fingerprint density at radius 1 is 1.19 bits per heavy atom. The fourth-order valence-corrected chi connectivity index (χ4v) is 2.49. The Morgan fingerprint density at radius 3 is 2.57 bits per heavy atom. The highest BCUT2D eigenvalue weighted by Gasteiger charge is 2.15. The molecule has 122 valence electrons. The normalized spacial score (nSPS) is 16.6. The van der Waals surface area contributed by atoms with Crippen molar-refractivity contribution in [2.75, 3.05) is 33.9 Å². The van der Waals surface area contributed by atoms with Gasteiger partial charge < -0.3 is 20.7 Å². The molecule has 0 radical (unpaired) electrons. The van der Waals surface area contributed by atoms with Crippen LogP contribution in [-0.4, -0.2) is 51.8 Å². The molecule has 1 fully saturated rings. The number of carbonyl (C=O) groups is 1. The van der Waals surface area contributed by atoms with E-state index in [0.717, 1.165) is 38.4 Å². The molecule has 0 bridgehead atoms. The van der Waals surface area contributed by atoms with Crippen molar-refractivity contribution in [3.63, 3.8) is 0 Å². The fraction of sp³-hybridized carbons (Fsp3) is 0.867. The van der Waals surface area contributed by atoms with Gasteiger partial charge in [-0.15, -0.1) is 0 Å². The molecule has 0 aliphatic heterocycles. The molecule has 21 heavy (non-hydrogen) atoms. The summed E-state index contributed by atoms with van der Waals surface area (Å²) < 4.78 is 4.99. The molecule has 0 aromatic carbocycles. The number of rotatable bonds is 8. The van der Waals surface area contributed by atoms with E-state index in [1.165, 1.54) is 19.3 Å². The number of guanidine groups is 1. The topological polar surface area (TPSA) is 74.8 Å². The third-order valence-electron chi connectivity index (χ3n) is 3.66. The van der Waals surface area contributed by atoms with Crippen LogP contribution in [0.4, 0.5) is 0 Å². The second kappa shape index (κ2) is 11.4. The number of carbonyl (C=O) groups excluding carboxylic acids is 1. The standard InChI is InChI=1S/C15H30N4O2/c1-16-15(17-10-6-12-21-2)18-11-9-14(20)19-13-7-4-3-5-8-13/h13H,3-12H2,1-2H3,(H,19,20)(H2,16,17,18). The Kier molecular flexibility index (Phi) is 9.61. The minimum atomic E-state index is 0.129. The first-order chi connectivity index (χ1) is 10.3. The molecule has 1 amide bonds. The molecule has 1 saturated carbocycles. The number of methoxy groups -OCH3 is 1. The lowest BCUT2D eigenvalue weighted by molar-refractivity contribution is -0.121. The number of aliphatic imine (C=N–C) groups is 1. The van der Waals surface area contributed by atoms with Gasteiger partial charge in [-0.3, -0.25) is 9.79 Å². The zero-order valence-electron chi connectivity index (χ0n) is 13.4. The summed E-state index contributed by atoms with van der Waals surface area (Å²) in [5, 5.41) is 9.45. The number of hydrogen-bond acceptors (Lipinski definition) is 3. The van der Waals surface area contributed by atoms with Gasteiger partial charge in [0.05, 0.1) is 0 Å². The van der Waals surface area contributed by atoms with Crippen molar-refractivity contribution in [3.8, 4) is 0 Å². The molecular weight excluding hydrogens is 268 g/mol. The second-order valence-corrected chi connectivity index (χ2v) is 5.42. The highest BCUT2D eigenvalue weighted by atomic mass is 16.5. The average molecular weight is 298 g/mol. The minimum absolute atomic E-state index is 0.129. The summed E-state index contributed by atoms with van der Waals surface area (Å²) in [7, 11) is 3.42. The Morgan fingerprint density at radius 2 is 1.90 bits per heavy atom. The predicted molar refractivity (Wildman–Crippen MR) is 85.5 cm³/mol. The van der Waals surface area contributed by atoms with Crippen LogP contribution in [0.1, 0.15) is 44.9 Å². The monoisotopic (exact) mass is 298 g/mol. The summed E-state index contributed by atoms with van der Waals surface area (Å²) in [6.07, 6.45) is 7.44. The van der Waals surface area contributed by atoms with E-state index in [1.807, 2.05) is 0 Å². The van der Waals surface area contributed by atoms with E-state index in [-0.39, 0.29) is 5.91 Å². The first kappa shape index (κ1) is 17.8. The van der Waals surface area contributed by atoms with Gasteiger partial charge in [-0.25, -0.2) is 0 Å². The van der Waals surface area contributed by atoms with Gasteiger partial charge in [0.2, 0.25) is 5.91 Å². The Bertz CT molecular complexity index is 315. The molecular formula is C15H30N4O2. The van der Waals surface area contributed by atoms with Crippen LogP contribution in [0, 0.1) is 0 Å². The summed E-state index contributed by atoms with van der Waals surface area (Å²) in [6, 6.07) is 0.387. The van der Waals surface area contributed by atoms with Crippen molar-refractivity contribution >= 4 is 11.9 Å². The summed E-state index contributed by atoms with van der Waals surface area (Å²) in [6.45, 7) is 2.14. The number of nitrogens with one attached hydrogen (secondary N) is 3. The molecule has 0 spiro atoms. The maximum atomic E-state index is 11.9. The van der Waals surface area contributed by atoms with Crippen molar-refractivity contribution < 1.29 is 9.53 Å². The molecule has 0 aromatic heterocycles. The molecule has 3 N–H and O–H groups in total. The van der Waals surface area contributed by atoms with E-state index in [4.69, 9.17) is 4.74 Å². The molecule has 1 rings (SSSR count). The molecule has 6 heteroatoms. The third kappa shape index (κ3) is 8.55. The highest BCUT2D eigenvalue weighted by Crippen LogP contribution is 2.17. The number of ether oxygens (including phenoxy) is 1. The van der Waals surface area contributed by atoms with Crippen LogP contribution in [0.5, 0.6) is 0 Å². The van der Waals surface area contributed by atoms with E-state index in [9.17, 15) is 4.79 Å². The SMILES string of the molecule is CN=C(NCCCOC)NCCC(=O)NC1CCCCC1. The van der Waals surface area contributed by atoms with Crippen LogP contribution < -0.4 is 16.0 Å². The van der Waals surface area contributed by atoms with Crippen molar-refractivity contribution in [1.29, 1.82) is 0 Å². The molecule has 0 saturated heterocycles. The Balaban J connectivity index is 2.08. The van der Waals surface area contributed by atoms with Crippen LogP contribution in [0.3, 0.4) is 0 Å². The molecule has 0 unspecified atom stereocenters. The van der Waals surface area contributed by atoms with E-state index in [0.29, 0.717) is 19.0 Å². The van der Waals surface area contributed by atoms with Gasteiger partial charge in [0.15, 0.2) is 5.96 Å². The second-order valence-electron chi connectivity index (χ2n) is 5.42. The maximum Gasteiger partial charge on any atom is 0.221 e. The Labute approximate surface area is 128 Å². The van der Waals surface area contributed by atoms with Crippen LogP contribution >= 0.6 is 0 Å². The first-order valence-electron chi connectivity index (χ1n) is 7.99. The molecule has 0 aromatic rings. The van der Waals surface area contributed by atoms with E-state index in [1.54, 1.807) is 14.2 Å². The lowest BCUT2D eigenvalue weighted by Crippen LogP contribution is -2.41. The maximum absolute atomic E-state index is 11.9. The van der Waals surface area contributed by atoms with Crippen LogP contribution in [0.15, 0.2) is 4.99 Å². The van der Waals surface area contributed by atoms with Gasteiger partial charge in [-0.2, -0.15) is 0 Å². The van der Waals surface area contributed by atoms with Gasteiger partial charge >= 0.3 is 0 Å². The molecule has 6 nitrogen and oxygen atoms in total. The van der Waals surface area contributed by atoms with Gasteiger partial charge in [0, 0.05) is 46.3 Å². The highest BCUT2D eigenvalue weighted by molar-refractivity contribution is 5.81. The van der Waals surface area contributed by atoms with Crippen LogP contribution in [0.25, 0.3) is 0 Å². The fourth-order valence-electron chi connectivity index (χ4n) is 2.49. The van der Waals surface area contributed by atoms with Crippen LogP contribution in [-0.2, 0) is 9.53 Å². The van der Waals surface area contributed by atoms with Crippen molar-refractivity contribution in [2.24, 2.45) is 4.99 Å². The number of nitrogens with zero attached hydrogens (tertiary/aromatic N) is 1. The zero-order chi connectivity index (χ0) is 15.3. The van der Waals surface area contributed by atoms with E-state index >= 15 is 0 Å². The third-order valence-corrected chi connectivity index (χ3v) is 3.66. The molecule has 0 atom stereocenters. The van der Waals surface area contributed by atoms with Crippen molar-refractivity contribution in [1.82, 2.24) is 16.0 Å². The summed E-state index contributed by atoms with van der Waals surface area (Å²) in [5.41, 5.74) is 0.